The van der Waals surface area contributed by atoms with Crippen molar-refractivity contribution in [1.29, 1.82) is 0 Å². The smallest absolute Gasteiger partial charge is 0.131 e. The summed E-state index contributed by atoms with van der Waals surface area (Å²) in [5.41, 5.74) is 1.03. The SMILES string of the molecule is [CH2]COCn1ccc2cnc(Cl)cc21. The Hall–Kier alpha value is -1.06. The molecule has 73 valence electrons. The zero-order chi connectivity index (χ0) is 9.97. The molecule has 0 aliphatic rings. The average molecular weight is 210 g/mol. The first kappa shape index (κ1) is 9.49. The van der Waals surface area contributed by atoms with Crippen molar-refractivity contribution in [2.24, 2.45) is 0 Å². The van der Waals surface area contributed by atoms with Gasteiger partial charge in [0.25, 0.3) is 0 Å². The van der Waals surface area contributed by atoms with E-state index in [2.05, 4.69) is 11.9 Å². The number of nitrogens with zero attached hydrogens (tertiary/aromatic N) is 2. The molecule has 0 aliphatic heterocycles. The van der Waals surface area contributed by atoms with Gasteiger partial charge in [0.15, 0.2) is 0 Å². The van der Waals surface area contributed by atoms with Gasteiger partial charge in [-0.15, -0.1) is 0 Å². The van der Waals surface area contributed by atoms with Crippen LogP contribution < -0.4 is 0 Å². The van der Waals surface area contributed by atoms with E-state index >= 15 is 0 Å². The van der Waals surface area contributed by atoms with Crippen LogP contribution in [0, 0.1) is 6.92 Å². The minimum Gasteiger partial charge on any atom is -0.361 e. The van der Waals surface area contributed by atoms with Gasteiger partial charge in [-0.1, -0.05) is 11.6 Å². The van der Waals surface area contributed by atoms with Gasteiger partial charge in [0.2, 0.25) is 0 Å². The minimum absolute atomic E-state index is 0.457. The summed E-state index contributed by atoms with van der Waals surface area (Å²) in [4.78, 5) is 4.00. The standard InChI is InChI=1S/C10H10ClN2O/c1-2-14-7-13-4-3-8-6-12-10(11)5-9(8)13/h3-6H,1-2,7H2. The second kappa shape index (κ2) is 3.98. The highest BCUT2D eigenvalue weighted by Crippen LogP contribution is 2.17. The molecule has 2 rings (SSSR count). The van der Waals surface area contributed by atoms with Crippen molar-refractivity contribution in [1.82, 2.24) is 9.55 Å². The van der Waals surface area contributed by atoms with Crippen molar-refractivity contribution in [3.63, 3.8) is 0 Å². The van der Waals surface area contributed by atoms with Crippen LogP contribution in [0.3, 0.4) is 0 Å². The molecule has 2 aromatic rings. The Labute approximate surface area is 87.3 Å². The lowest BCUT2D eigenvalue weighted by Gasteiger charge is -2.04. The van der Waals surface area contributed by atoms with Crippen LogP contribution in [-0.4, -0.2) is 16.2 Å². The van der Waals surface area contributed by atoms with Crippen molar-refractivity contribution in [2.75, 3.05) is 6.61 Å². The molecule has 0 aromatic carbocycles. The van der Waals surface area contributed by atoms with E-state index in [0.29, 0.717) is 18.5 Å². The van der Waals surface area contributed by atoms with Crippen LogP contribution in [0.1, 0.15) is 0 Å². The molecule has 1 radical (unpaired) electrons. The second-order valence-electron chi connectivity index (χ2n) is 2.89. The van der Waals surface area contributed by atoms with Gasteiger partial charge >= 0.3 is 0 Å². The molecule has 0 bridgehead atoms. The Morgan fingerprint density at radius 3 is 3.21 bits per heavy atom. The number of aromatic nitrogens is 2. The summed E-state index contributed by atoms with van der Waals surface area (Å²) in [5.74, 6) is 0. The Bertz CT molecular complexity index is 439. The summed E-state index contributed by atoms with van der Waals surface area (Å²) in [5, 5.41) is 1.55. The molecule has 4 heteroatoms. The number of hydrogen-bond acceptors (Lipinski definition) is 2. The molecular formula is C10H10ClN2O. The summed E-state index contributed by atoms with van der Waals surface area (Å²) in [7, 11) is 0. The number of fused-ring (bicyclic) bond motifs is 1. The van der Waals surface area contributed by atoms with E-state index in [0.717, 1.165) is 10.9 Å². The first-order valence-electron chi connectivity index (χ1n) is 4.28. The molecular weight excluding hydrogens is 200 g/mol. The van der Waals surface area contributed by atoms with Crippen LogP contribution in [-0.2, 0) is 11.5 Å². The summed E-state index contributed by atoms with van der Waals surface area (Å²) in [6.07, 6.45) is 3.69. The molecule has 3 nitrogen and oxygen atoms in total. The predicted octanol–water partition coefficient (Wildman–Crippen LogP) is 2.50. The number of pyridine rings is 1. The molecule has 0 fully saturated rings. The number of rotatable bonds is 3. The van der Waals surface area contributed by atoms with Crippen LogP contribution in [0.25, 0.3) is 10.9 Å². The lowest BCUT2D eigenvalue weighted by atomic mass is 10.3. The van der Waals surface area contributed by atoms with Crippen molar-refractivity contribution >= 4 is 22.5 Å². The van der Waals surface area contributed by atoms with Crippen molar-refractivity contribution < 1.29 is 4.74 Å². The molecule has 2 aromatic heterocycles. The number of hydrogen-bond donors (Lipinski definition) is 0. The number of halogens is 1. The molecule has 0 amide bonds. The second-order valence-corrected chi connectivity index (χ2v) is 3.28. The van der Waals surface area contributed by atoms with Crippen molar-refractivity contribution in [3.8, 4) is 0 Å². The molecule has 0 N–H and O–H groups in total. The summed E-state index contributed by atoms with van der Waals surface area (Å²) >= 11 is 5.80. The molecule has 0 saturated heterocycles. The monoisotopic (exact) mass is 209 g/mol. The van der Waals surface area contributed by atoms with E-state index in [-0.39, 0.29) is 0 Å². The largest absolute Gasteiger partial charge is 0.361 e. The van der Waals surface area contributed by atoms with Crippen LogP contribution in [0.5, 0.6) is 0 Å². The minimum atomic E-state index is 0.457. The molecule has 0 unspecified atom stereocenters. The Kier molecular flexibility index (Phi) is 2.70. The molecule has 0 spiro atoms. The van der Waals surface area contributed by atoms with E-state index in [4.69, 9.17) is 16.3 Å². The van der Waals surface area contributed by atoms with Gasteiger partial charge in [0, 0.05) is 24.4 Å². The lowest BCUT2D eigenvalue weighted by molar-refractivity contribution is 0.102. The first-order valence-corrected chi connectivity index (χ1v) is 4.66. The molecule has 0 aliphatic carbocycles. The van der Waals surface area contributed by atoms with Gasteiger partial charge < -0.3 is 9.30 Å². The Morgan fingerprint density at radius 1 is 1.57 bits per heavy atom. The van der Waals surface area contributed by atoms with Gasteiger partial charge in [0.1, 0.15) is 11.9 Å². The molecule has 0 atom stereocenters. The van der Waals surface area contributed by atoms with E-state index in [1.165, 1.54) is 0 Å². The fourth-order valence-electron chi connectivity index (χ4n) is 1.33. The highest BCUT2D eigenvalue weighted by molar-refractivity contribution is 6.30. The highest BCUT2D eigenvalue weighted by Gasteiger charge is 2.01. The van der Waals surface area contributed by atoms with Crippen molar-refractivity contribution in [2.45, 2.75) is 6.73 Å². The summed E-state index contributed by atoms with van der Waals surface area (Å²) in [6, 6.07) is 3.80. The van der Waals surface area contributed by atoms with Crippen molar-refractivity contribution in [3.05, 3.63) is 36.6 Å². The fourth-order valence-corrected chi connectivity index (χ4v) is 1.49. The maximum absolute atomic E-state index is 5.80. The molecule has 2 heterocycles. The quantitative estimate of drug-likeness (QED) is 0.727. The van der Waals surface area contributed by atoms with Crippen LogP contribution in [0.2, 0.25) is 5.15 Å². The van der Waals surface area contributed by atoms with E-state index < -0.39 is 0 Å². The maximum Gasteiger partial charge on any atom is 0.131 e. The van der Waals surface area contributed by atoms with E-state index in [1.54, 1.807) is 6.20 Å². The summed E-state index contributed by atoms with van der Waals surface area (Å²) < 4.78 is 7.18. The Balaban J connectivity index is 2.40. The van der Waals surface area contributed by atoms with Gasteiger partial charge in [-0.05, 0) is 19.1 Å². The Morgan fingerprint density at radius 2 is 2.43 bits per heavy atom. The third-order valence-electron chi connectivity index (χ3n) is 2.00. The normalized spacial score (nSPS) is 11.0. The van der Waals surface area contributed by atoms with Crippen LogP contribution in [0.4, 0.5) is 0 Å². The topological polar surface area (TPSA) is 27.1 Å². The number of ether oxygens (including phenoxy) is 1. The first-order chi connectivity index (χ1) is 6.81. The average Bonchev–Trinajstić information content (AvgIpc) is 2.57. The van der Waals surface area contributed by atoms with Gasteiger partial charge in [0.05, 0.1) is 5.52 Å². The third-order valence-corrected chi connectivity index (χ3v) is 2.20. The fraction of sp³-hybridized carbons (Fsp3) is 0.200. The van der Waals surface area contributed by atoms with Gasteiger partial charge in [-0.25, -0.2) is 4.98 Å². The summed E-state index contributed by atoms with van der Waals surface area (Å²) in [6.45, 7) is 4.56. The van der Waals surface area contributed by atoms with Gasteiger partial charge in [-0.3, -0.25) is 0 Å². The lowest BCUT2D eigenvalue weighted by Crippen LogP contribution is -2.00. The highest BCUT2D eigenvalue weighted by atomic mass is 35.5. The van der Waals surface area contributed by atoms with E-state index in [9.17, 15) is 0 Å². The third kappa shape index (κ3) is 1.74. The zero-order valence-corrected chi connectivity index (χ0v) is 8.37. The predicted molar refractivity (Wildman–Crippen MR) is 56.1 cm³/mol. The maximum atomic E-state index is 5.80. The molecule has 0 saturated carbocycles. The van der Waals surface area contributed by atoms with Crippen LogP contribution >= 0.6 is 11.6 Å². The van der Waals surface area contributed by atoms with Gasteiger partial charge in [-0.2, -0.15) is 0 Å². The zero-order valence-electron chi connectivity index (χ0n) is 7.61. The van der Waals surface area contributed by atoms with E-state index in [1.807, 2.05) is 22.9 Å². The molecule has 14 heavy (non-hydrogen) atoms. The van der Waals surface area contributed by atoms with Crippen LogP contribution in [0.15, 0.2) is 24.5 Å².